The van der Waals surface area contributed by atoms with E-state index < -0.39 is 5.97 Å². The summed E-state index contributed by atoms with van der Waals surface area (Å²) in [5.41, 5.74) is 6.30. The largest absolute Gasteiger partial charge is 0.465 e. The molecule has 1 aromatic heterocycles. The lowest BCUT2D eigenvalue weighted by Gasteiger charge is -1.97. The van der Waals surface area contributed by atoms with Crippen molar-refractivity contribution in [3.05, 3.63) is 26.5 Å². The number of carbonyl (C=O) groups excluding carboxylic acids is 1. The van der Waals surface area contributed by atoms with Crippen LogP contribution in [0.15, 0.2) is 16.6 Å². The van der Waals surface area contributed by atoms with Gasteiger partial charge in [0.2, 0.25) is 0 Å². The van der Waals surface area contributed by atoms with Crippen molar-refractivity contribution >= 4 is 60.6 Å². The van der Waals surface area contributed by atoms with Gasteiger partial charge < -0.3 is 10.5 Å². The van der Waals surface area contributed by atoms with Gasteiger partial charge in [0.15, 0.2) is 0 Å². The summed E-state index contributed by atoms with van der Waals surface area (Å²) in [5, 5.41) is 1.34. The van der Waals surface area contributed by atoms with E-state index in [2.05, 4.69) is 20.7 Å². The van der Waals surface area contributed by atoms with Gasteiger partial charge in [0, 0.05) is 14.9 Å². The molecule has 1 aromatic carbocycles. The molecule has 84 valence electrons. The van der Waals surface area contributed by atoms with Crippen molar-refractivity contribution in [1.82, 2.24) is 0 Å². The van der Waals surface area contributed by atoms with Gasteiger partial charge in [0.05, 0.1) is 17.5 Å². The molecule has 16 heavy (non-hydrogen) atoms. The molecule has 2 rings (SSSR count). The Bertz CT molecular complexity index is 582. The number of benzene rings is 1. The molecule has 6 heteroatoms. The van der Waals surface area contributed by atoms with E-state index in [9.17, 15) is 4.79 Å². The standard InChI is InChI=1S/C10H7BrClNO2S/c1-15-10(14)9-7(13)5-2-4(12)3-6(11)8(5)16-9/h2-3H,13H2,1H3. The number of ether oxygens (including phenoxy) is 1. The summed E-state index contributed by atoms with van der Waals surface area (Å²) < 4.78 is 6.37. The minimum absolute atomic E-state index is 0.403. The first-order valence-corrected chi connectivity index (χ1v) is 6.28. The Morgan fingerprint density at radius 1 is 1.56 bits per heavy atom. The fourth-order valence-corrected chi connectivity index (χ4v) is 3.47. The molecule has 0 aliphatic carbocycles. The summed E-state index contributed by atoms with van der Waals surface area (Å²) in [4.78, 5) is 11.9. The van der Waals surface area contributed by atoms with Crippen LogP contribution >= 0.6 is 38.9 Å². The van der Waals surface area contributed by atoms with E-state index in [1.165, 1.54) is 18.4 Å². The highest BCUT2D eigenvalue weighted by atomic mass is 79.9. The number of fused-ring (bicyclic) bond motifs is 1. The number of nitrogens with two attached hydrogens (primary N) is 1. The van der Waals surface area contributed by atoms with Gasteiger partial charge in [-0.2, -0.15) is 0 Å². The minimum atomic E-state index is -0.429. The third-order valence-corrected chi connectivity index (χ3v) is 4.46. The van der Waals surface area contributed by atoms with Crippen molar-refractivity contribution in [1.29, 1.82) is 0 Å². The molecule has 1 heterocycles. The van der Waals surface area contributed by atoms with E-state index in [0.29, 0.717) is 15.6 Å². The number of halogens is 2. The summed E-state index contributed by atoms with van der Waals surface area (Å²) >= 11 is 10.6. The van der Waals surface area contributed by atoms with Crippen LogP contribution in [0, 0.1) is 0 Å². The second-order valence-electron chi connectivity index (χ2n) is 3.10. The monoisotopic (exact) mass is 319 g/mol. The summed E-state index contributed by atoms with van der Waals surface area (Å²) in [6.45, 7) is 0. The smallest absolute Gasteiger partial charge is 0.350 e. The molecule has 0 atom stereocenters. The Morgan fingerprint density at radius 2 is 2.25 bits per heavy atom. The lowest BCUT2D eigenvalue weighted by atomic mass is 10.2. The highest BCUT2D eigenvalue weighted by Gasteiger charge is 2.18. The molecular formula is C10H7BrClNO2S. The average Bonchev–Trinajstić information content (AvgIpc) is 2.56. The van der Waals surface area contributed by atoms with E-state index in [1.807, 2.05) is 0 Å². The fourth-order valence-electron chi connectivity index (χ4n) is 1.39. The molecule has 0 unspecified atom stereocenters. The third-order valence-electron chi connectivity index (χ3n) is 2.12. The Labute approximate surface area is 109 Å². The predicted molar refractivity (Wildman–Crippen MR) is 70.3 cm³/mol. The van der Waals surface area contributed by atoms with Crippen molar-refractivity contribution in [3.63, 3.8) is 0 Å². The van der Waals surface area contributed by atoms with E-state index in [0.717, 1.165) is 14.6 Å². The topological polar surface area (TPSA) is 52.3 Å². The van der Waals surface area contributed by atoms with Crippen LogP contribution in [0.4, 0.5) is 5.69 Å². The van der Waals surface area contributed by atoms with Crippen molar-refractivity contribution in [2.45, 2.75) is 0 Å². The van der Waals surface area contributed by atoms with Gasteiger partial charge in [0.25, 0.3) is 0 Å². The fraction of sp³-hybridized carbons (Fsp3) is 0.100. The number of rotatable bonds is 1. The van der Waals surface area contributed by atoms with Crippen LogP contribution in [0.25, 0.3) is 10.1 Å². The molecular weight excluding hydrogens is 314 g/mol. The first-order valence-electron chi connectivity index (χ1n) is 4.30. The molecule has 0 saturated carbocycles. The SMILES string of the molecule is COC(=O)c1sc2c(Br)cc(Cl)cc2c1N. The van der Waals surface area contributed by atoms with Crippen molar-refractivity contribution < 1.29 is 9.53 Å². The molecule has 0 aliphatic heterocycles. The van der Waals surface area contributed by atoms with Crippen molar-refractivity contribution in [2.75, 3.05) is 12.8 Å². The van der Waals surface area contributed by atoms with Gasteiger partial charge in [-0.15, -0.1) is 11.3 Å². The third kappa shape index (κ3) is 1.79. The summed E-state index contributed by atoms with van der Waals surface area (Å²) in [5.74, 6) is -0.429. The van der Waals surface area contributed by atoms with Crippen molar-refractivity contribution in [3.8, 4) is 0 Å². The van der Waals surface area contributed by atoms with Gasteiger partial charge in [-0.1, -0.05) is 11.6 Å². The van der Waals surface area contributed by atoms with Crippen LogP contribution in [0.3, 0.4) is 0 Å². The number of methoxy groups -OCH3 is 1. The maximum Gasteiger partial charge on any atom is 0.350 e. The zero-order chi connectivity index (χ0) is 11.9. The highest BCUT2D eigenvalue weighted by Crippen LogP contribution is 2.40. The molecule has 2 aromatic rings. The molecule has 0 amide bonds. The van der Waals surface area contributed by atoms with Crippen LogP contribution in [-0.2, 0) is 4.74 Å². The normalized spacial score (nSPS) is 10.7. The number of esters is 1. The number of thiophene rings is 1. The number of hydrogen-bond acceptors (Lipinski definition) is 4. The molecule has 2 N–H and O–H groups in total. The van der Waals surface area contributed by atoms with Gasteiger partial charge >= 0.3 is 5.97 Å². The Hall–Kier alpha value is -0.780. The molecule has 0 radical (unpaired) electrons. The molecule has 0 saturated heterocycles. The second kappa shape index (κ2) is 4.24. The molecule has 0 bridgehead atoms. The zero-order valence-electron chi connectivity index (χ0n) is 8.21. The summed E-state index contributed by atoms with van der Waals surface area (Å²) in [6, 6.07) is 3.50. The number of hydrogen-bond donors (Lipinski definition) is 1. The van der Waals surface area contributed by atoms with E-state index in [-0.39, 0.29) is 0 Å². The number of anilines is 1. The minimum Gasteiger partial charge on any atom is -0.465 e. The van der Waals surface area contributed by atoms with Crippen molar-refractivity contribution in [2.24, 2.45) is 0 Å². The molecule has 0 aliphatic rings. The lowest BCUT2D eigenvalue weighted by Crippen LogP contribution is -2.01. The first kappa shape index (κ1) is 11.7. The second-order valence-corrected chi connectivity index (χ2v) is 5.41. The maximum absolute atomic E-state index is 11.5. The molecule has 0 fully saturated rings. The number of carbonyl (C=O) groups is 1. The predicted octanol–water partition coefficient (Wildman–Crippen LogP) is 3.69. The number of nitrogen functional groups attached to an aromatic ring is 1. The van der Waals surface area contributed by atoms with Crippen LogP contribution in [0.1, 0.15) is 9.67 Å². The van der Waals surface area contributed by atoms with Gasteiger partial charge in [0.1, 0.15) is 4.88 Å². The summed E-state index contributed by atoms with van der Waals surface area (Å²) in [7, 11) is 1.33. The van der Waals surface area contributed by atoms with Crippen LogP contribution in [-0.4, -0.2) is 13.1 Å². The molecule has 3 nitrogen and oxygen atoms in total. The van der Waals surface area contributed by atoms with Crippen LogP contribution < -0.4 is 5.73 Å². The van der Waals surface area contributed by atoms with Crippen LogP contribution in [0.2, 0.25) is 5.02 Å². The quantitative estimate of drug-likeness (QED) is 0.815. The van der Waals surface area contributed by atoms with E-state index in [4.69, 9.17) is 17.3 Å². The van der Waals surface area contributed by atoms with E-state index >= 15 is 0 Å². The van der Waals surface area contributed by atoms with E-state index in [1.54, 1.807) is 12.1 Å². The maximum atomic E-state index is 11.5. The first-order chi connectivity index (χ1) is 7.54. The Balaban J connectivity index is 2.77. The molecule has 0 spiro atoms. The van der Waals surface area contributed by atoms with Gasteiger partial charge in [-0.25, -0.2) is 4.79 Å². The zero-order valence-corrected chi connectivity index (χ0v) is 11.4. The summed E-state index contributed by atoms with van der Waals surface area (Å²) in [6.07, 6.45) is 0. The van der Waals surface area contributed by atoms with Crippen LogP contribution in [0.5, 0.6) is 0 Å². The highest BCUT2D eigenvalue weighted by molar-refractivity contribution is 9.10. The lowest BCUT2D eigenvalue weighted by molar-refractivity contribution is 0.0607. The Morgan fingerprint density at radius 3 is 2.88 bits per heavy atom. The van der Waals surface area contributed by atoms with Gasteiger partial charge in [-0.05, 0) is 28.1 Å². The average molecular weight is 321 g/mol. The Kier molecular flexibility index (Phi) is 3.10. The van der Waals surface area contributed by atoms with Gasteiger partial charge in [-0.3, -0.25) is 0 Å².